The summed E-state index contributed by atoms with van der Waals surface area (Å²) in [5.74, 6) is 0.503. The van der Waals surface area contributed by atoms with Gasteiger partial charge in [0.25, 0.3) is 0 Å². The summed E-state index contributed by atoms with van der Waals surface area (Å²) in [6.07, 6.45) is 4.94. The van der Waals surface area contributed by atoms with Crippen LogP contribution in [0, 0.1) is 0 Å². The van der Waals surface area contributed by atoms with E-state index in [1.807, 2.05) is 19.1 Å². The number of rotatable bonds is 6. The van der Waals surface area contributed by atoms with Crippen molar-refractivity contribution in [2.75, 3.05) is 24.4 Å². The number of aryl methyl sites for hydroxylation is 1. The number of halogens is 2. The summed E-state index contributed by atoms with van der Waals surface area (Å²) in [5, 5.41) is 0.808. The number of allylic oxidation sites excluding steroid dienone is 2. The molecule has 0 bridgehead atoms. The summed E-state index contributed by atoms with van der Waals surface area (Å²) < 4.78 is 0. The van der Waals surface area contributed by atoms with Gasteiger partial charge in [-0.1, -0.05) is 48.9 Å². The Hall–Kier alpha value is -0.920. The van der Waals surface area contributed by atoms with Gasteiger partial charge in [0.15, 0.2) is 0 Å². The van der Waals surface area contributed by atoms with Crippen LogP contribution in [0.3, 0.4) is 0 Å². The Morgan fingerprint density at radius 1 is 1.32 bits per heavy atom. The summed E-state index contributed by atoms with van der Waals surface area (Å²) in [4.78, 5) is 2.22. The van der Waals surface area contributed by atoms with Crippen LogP contribution in [-0.4, -0.2) is 19.5 Å². The molecule has 1 aromatic carbocycles. The Morgan fingerprint density at radius 2 is 2.00 bits per heavy atom. The third-order valence-electron chi connectivity index (χ3n) is 3.04. The van der Waals surface area contributed by atoms with Crippen molar-refractivity contribution in [3.05, 3.63) is 52.6 Å². The topological polar surface area (TPSA) is 3.24 Å². The molecule has 104 valence electrons. The molecule has 0 N–H and O–H groups in total. The van der Waals surface area contributed by atoms with Crippen molar-refractivity contribution in [3.8, 4) is 0 Å². The van der Waals surface area contributed by atoms with Crippen LogP contribution in [-0.2, 0) is 6.42 Å². The summed E-state index contributed by atoms with van der Waals surface area (Å²) >= 11 is 11.8. The number of likely N-dealkylation sites (N-methyl/N-ethyl adjacent to an activating group) is 1. The van der Waals surface area contributed by atoms with E-state index in [0.29, 0.717) is 5.88 Å². The van der Waals surface area contributed by atoms with Crippen LogP contribution in [0.2, 0.25) is 0 Å². The first-order valence-corrected chi connectivity index (χ1v) is 7.38. The number of nitrogens with zero attached hydrogens (tertiary/aromatic N) is 1. The number of benzene rings is 1. The predicted molar refractivity (Wildman–Crippen MR) is 87.5 cm³/mol. The van der Waals surface area contributed by atoms with Gasteiger partial charge in [-0.05, 0) is 30.5 Å². The van der Waals surface area contributed by atoms with Gasteiger partial charge in [0.1, 0.15) is 0 Å². The van der Waals surface area contributed by atoms with E-state index in [2.05, 4.69) is 43.1 Å². The van der Waals surface area contributed by atoms with Gasteiger partial charge in [-0.25, -0.2) is 0 Å². The van der Waals surface area contributed by atoms with Gasteiger partial charge in [-0.15, -0.1) is 11.6 Å². The van der Waals surface area contributed by atoms with E-state index < -0.39 is 0 Å². The van der Waals surface area contributed by atoms with E-state index in [4.69, 9.17) is 23.2 Å². The molecule has 0 saturated heterocycles. The zero-order chi connectivity index (χ0) is 14.3. The Morgan fingerprint density at radius 3 is 2.58 bits per heavy atom. The molecule has 1 rings (SSSR count). The maximum atomic E-state index is 6.14. The fourth-order valence-corrected chi connectivity index (χ4v) is 2.20. The molecule has 0 aromatic heterocycles. The van der Waals surface area contributed by atoms with Crippen LogP contribution in [0.15, 0.2) is 47.0 Å². The van der Waals surface area contributed by atoms with E-state index >= 15 is 0 Å². The van der Waals surface area contributed by atoms with E-state index in [9.17, 15) is 0 Å². The van der Waals surface area contributed by atoms with Crippen LogP contribution < -0.4 is 4.90 Å². The van der Waals surface area contributed by atoms with Crippen molar-refractivity contribution in [3.63, 3.8) is 0 Å². The zero-order valence-electron chi connectivity index (χ0n) is 11.8. The van der Waals surface area contributed by atoms with Gasteiger partial charge in [-0.2, -0.15) is 0 Å². The molecule has 0 aliphatic rings. The van der Waals surface area contributed by atoms with Gasteiger partial charge < -0.3 is 4.90 Å². The molecule has 0 saturated carbocycles. The summed E-state index contributed by atoms with van der Waals surface area (Å²) in [6.45, 7) is 4.86. The third-order valence-corrected chi connectivity index (χ3v) is 3.46. The molecule has 0 aliphatic heterocycles. The lowest BCUT2D eigenvalue weighted by atomic mass is 10.1. The maximum Gasteiger partial charge on any atom is 0.0437 e. The second kappa shape index (κ2) is 8.29. The second-order valence-corrected chi connectivity index (χ2v) is 5.33. The summed E-state index contributed by atoms with van der Waals surface area (Å²) in [7, 11) is 2.09. The van der Waals surface area contributed by atoms with Crippen molar-refractivity contribution in [2.24, 2.45) is 0 Å². The standard InChI is InChI=1S/C16H21Cl2N/c1-4-14-8-5-6-10-16(14)19(3)12-15(13(2)18)9-7-11-17/h5-10H,4,11-12H2,1-3H3/b9-7-,15-13-. The SMILES string of the molecule is CCc1ccccc1N(C)CC(/C=C\CCl)=C(/C)Cl. The minimum absolute atomic E-state index is 0.503. The lowest BCUT2D eigenvalue weighted by molar-refractivity contribution is 0.972. The molecule has 3 heteroatoms. The molecular weight excluding hydrogens is 277 g/mol. The Labute approximate surface area is 126 Å². The molecule has 1 aromatic rings. The highest BCUT2D eigenvalue weighted by atomic mass is 35.5. The highest BCUT2D eigenvalue weighted by Crippen LogP contribution is 2.22. The molecule has 0 fully saturated rings. The molecule has 0 aliphatic carbocycles. The van der Waals surface area contributed by atoms with E-state index in [1.54, 1.807) is 0 Å². The first-order chi connectivity index (χ1) is 9.10. The molecule has 1 nitrogen and oxygen atoms in total. The monoisotopic (exact) mass is 297 g/mol. The number of hydrogen-bond acceptors (Lipinski definition) is 1. The maximum absolute atomic E-state index is 6.14. The Bertz CT molecular complexity index is 460. The second-order valence-electron chi connectivity index (χ2n) is 4.45. The van der Waals surface area contributed by atoms with E-state index in [-0.39, 0.29) is 0 Å². The molecule has 0 radical (unpaired) electrons. The van der Waals surface area contributed by atoms with Crippen molar-refractivity contribution in [2.45, 2.75) is 20.3 Å². The molecule has 0 spiro atoms. The normalized spacial score (nSPS) is 12.7. The van der Waals surface area contributed by atoms with E-state index in [1.165, 1.54) is 11.3 Å². The number of alkyl halides is 1. The zero-order valence-corrected chi connectivity index (χ0v) is 13.3. The van der Waals surface area contributed by atoms with Crippen LogP contribution in [0.25, 0.3) is 0 Å². The summed E-state index contributed by atoms with van der Waals surface area (Å²) in [6, 6.07) is 8.45. The largest absolute Gasteiger partial charge is 0.370 e. The van der Waals surface area contributed by atoms with E-state index in [0.717, 1.165) is 23.6 Å². The molecule has 0 atom stereocenters. The summed E-state index contributed by atoms with van der Waals surface area (Å²) in [5.41, 5.74) is 3.69. The average Bonchev–Trinajstić information content (AvgIpc) is 2.42. The first kappa shape index (κ1) is 16.1. The number of anilines is 1. The Kier molecular flexibility index (Phi) is 7.04. The van der Waals surface area contributed by atoms with Gasteiger partial charge >= 0.3 is 0 Å². The lowest BCUT2D eigenvalue weighted by Gasteiger charge is -2.23. The quantitative estimate of drug-likeness (QED) is 0.528. The minimum atomic E-state index is 0.503. The van der Waals surface area contributed by atoms with Crippen LogP contribution in [0.1, 0.15) is 19.4 Å². The molecular formula is C16H21Cl2N. The molecule has 0 unspecified atom stereocenters. The van der Waals surface area contributed by atoms with Crippen molar-refractivity contribution in [1.29, 1.82) is 0 Å². The third kappa shape index (κ3) is 4.93. The van der Waals surface area contributed by atoms with Crippen LogP contribution in [0.4, 0.5) is 5.69 Å². The van der Waals surface area contributed by atoms with Crippen molar-refractivity contribution < 1.29 is 0 Å². The van der Waals surface area contributed by atoms with Crippen molar-refractivity contribution >= 4 is 28.9 Å². The molecule has 19 heavy (non-hydrogen) atoms. The average molecular weight is 298 g/mol. The lowest BCUT2D eigenvalue weighted by Crippen LogP contribution is -2.21. The van der Waals surface area contributed by atoms with Gasteiger partial charge in [0.05, 0.1) is 0 Å². The predicted octanol–water partition coefficient (Wildman–Crippen LogP) is 4.99. The van der Waals surface area contributed by atoms with Crippen molar-refractivity contribution in [1.82, 2.24) is 0 Å². The minimum Gasteiger partial charge on any atom is -0.370 e. The fraction of sp³-hybridized carbons (Fsp3) is 0.375. The molecule has 0 amide bonds. The van der Waals surface area contributed by atoms with Gasteiger partial charge in [-0.3, -0.25) is 0 Å². The fourth-order valence-electron chi connectivity index (χ4n) is 1.99. The van der Waals surface area contributed by atoms with Gasteiger partial charge in [0, 0.05) is 30.2 Å². The highest BCUT2D eigenvalue weighted by Gasteiger charge is 2.07. The van der Waals surface area contributed by atoms with Gasteiger partial charge in [0.2, 0.25) is 0 Å². The number of hydrogen-bond donors (Lipinski definition) is 0. The Balaban J connectivity index is 2.91. The first-order valence-electron chi connectivity index (χ1n) is 6.47. The smallest absolute Gasteiger partial charge is 0.0437 e. The number of para-hydroxylation sites is 1. The highest BCUT2D eigenvalue weighted by molar-refractivity contribution is 6.29. The molecule has 0 heterocycles. The van der Waals surface area contributed by atoms with Crippen LogP contribution >= 0.6 is 23.2 Å². The van der Waals surface area contributed by atoms with Crippen LogP contribution in [0.5, 0.6) is 0 Å².